The smallest absolute Gasteiger partial charge is 0.204 e. The maximum absolute atomic E-state index is 5.84. The third-order valence-electron chi connectivity index (χ3n) is 3.16. The summed E-state index contributed by atoms with van der Waals surface area (Å²) in [6.45, 7) is 0.161. The number of hydrogen-bond donors (Lipinski definition) is 1. The maximum atomic E-state index is 5.84. The number of nitrogen functional groups attached to an aromatic ring is 1. The Hall–Kier alpha value is -3.29. The highest BCUT2D eigenvalue weighted by atomic mass is 16.6. The number of tetrazole rings is 1. The first-order valence-electron chi connectivity index (χ1n) is 6.93. The summed E-state index contributed by atoms with van der Waals surface area (Å²) in [5.74, 6) is 0.505. The van der Waals surface area contributed by atoms with Crippen LogP contribution in [0.25, 0.3) is 0 Å². The molecule has 0 atom stereocenters. The van der Waals surface area contributed by atoms with Crippen molar-refractivity contribution < 1.29 is 4.84 Å². The highest BCUT2D eigenvalue weighted by Gasteiger charge is 2.14. The minimum Gasteiger partial charge on any atom is -0.397 e. The molecule has 3 rings (SSSR count). The molecule has 0 fully saturated rings. The van der Waals surface area contributed by atoms with E-state index in [0.717, 1.165) is 5.56 Å². The predicted molar refractivity (Wildman–Crippen MR) is 84.3 cm³/mol. The molecule has 2 aromatic heterocycles. The molecule has 3 aromatic rings. The Kier molecular flexibility index (Phi) is 4.23. The highest BCUT2D eigenvalue weighted by molar-refractivity contribution is 6.10. The zero-order valence-corrected chi connectivity index (χ0v) is 12.5. The van der Waals surface area contributed by atoms with Crippen molar-refractivity contribution >= 4 is 11.4 Å². The fourth-order valence-corrected chi connectivity index (χ4v) is 1.98. The second-order valence-electron chi connectivity index (χ2n) is 4.74. The second kappa shape index (κ2) is 6.65. The Labute approximate surface area is 132 Å². The second-order valence-corrected chi connectivity index (χ2v) is 4.74. The molecule has 0 aliphatic rings. The topological polar surface area (TPSA) is 104 Å². The van der Waals surface area contributed by atoms with Gasteiger partial charge in [-0.05, 0) is 22.6 Å². The van der Waals surface area contributed by atoms with Crippen molar-refractivity contribution in [2.75, 3.05) is 5.73 Å². The average Bonchev–Trinajstić information content (AvgIpc) is 3.00. The lowest BCUT2D eigenvalue weighted by Gasteiger charge is -2.06. The van der Waals surface area contributed by atoms with Gasteiger partial charge in [-0.15, -0.1) is 5.10 Å². The molecule has 116 valence electrons. The quantitative estimate of drug-likeness (QED) is 0.560. The molecule has 8 nitrogen and oxygen atoms in total. The van der Waals surface area contributed by atoms with E-state index < -0.39 is 0 Å². The van der Waals surface area contributed by atoms with Gasteiger partial charge in [0.25, 0.3) is 0 Å². The van der Waals surface area contributed by atoms with Crippen LogP contribution in [0.3, 0.4) is 0 Å². The van der Waals surface area contributed by atoms with E-state index >= 15 is 0 Å². The molecule has 23 heavy (non-hydrogen) atoms. The Morgan fingerprint density at radius 3 is 2.74 bits per heavy atom. The molecule has 8 heteroatoms. The summed E-state index contributed by atoms with van der Waals surface area (Å²) in [4.78, 5) is 9.60. The van der Waals surface area contributed by atoms with Crippen LogP contribution >= 0.6 is 0 Å². The normalized spacial score (nSPS) is 11.4. The van der Waals surface area contributed by atoms with Gasteiger partial charge in [-0.1, -0.05) is 35.5 Å². The van der Waals surface area contributed by atoms with Gasteiger partial charge in [0, 0.05) is 18.8 Å². The molecule has 1 aromatic carbocycles. The summed E-state index contributed by atoms with van der Waals surface area (Å²) in [5, 5.41) is 15.7. The first kappa shape index (κ1) is 14.6. The van der Waals surface area contributed by atoms with Gasteiger partial charge < -0.3 is 10.6 Å². The van der Waals surface area contributed by atoms with Gasteiger partial charge >= 0.3 is 0 Å². The third kappa shape index (κ3) is 3.31. The summed E-state index contributed by atoms with van der Waals surface area (Å²) in [6, 6.07) is 13.1. The van der Waals surface area contributed by atoms with Crippen molar-refractivity contribution in [1.82, 2.24) is 25.2 Å². The number of aromatic nitrogens is 5. The number of benzene rings is 1. The molecule has 0 spiro atoms. The van der Waals surface area contributed by atoms with Gasteiger partial charge in [0.05, 0.1) is 5.69 Å². The van der Waals surface area contributed by atoms with Crippen molar-refractivity contribution in [3.05, 3.63) is 65.7 Å². The number of hydrogen-bond acceptors (Lipinski definition) is 7. The third-order valence-corrected chi connectivity index (χ3v) is 3.16. The van der Waals surface area contributed by atoms with Crippen LogP contribution in [0, 0.1) is 0 Å². The van der Waals surface area contributed by atoms with Gasteiger partial charge in [-0.3, -0.25) is 4.98 Å². The van der Waals surface area contributed by atoms with Crippen molar-refractivity contribution in [1.29, 1.82) is 0 Å². The summed E-state index contributed by atoms with van der Waals surface area (Å²) >= 11 is 0. The highest BCUT2D eigenvalue weighted by Crippen LogP contribution is 2.11. The van der Waals surface area contributed by atoms with E-state index in [9.17, 15) is 0 Å². The van der Waals surface area contributed by atoms with Gasteiger partial charge in [0.2, 0.25) is 5.82 Å². The lowest BCUT2D eigenvalue weighted by molar-refractivity contribution is 0.128. The monoisotopic (exact) mass is 309 g/mol. The molecule has 0 unspecified atom stereocenters. The van der Waals surface area contributed by atoms with Crippen LogP contribution in [-0.4, -0.2) is 30.9 Å². The van der Waals surface area contributed by atoms with Crippen LogP contribution in [0.1, 0.15) is 17.1 Å². The van der Waals surface area contributed by atoms with Gasteiger partial charge in [0.1, 0.15) is 5.69 Å². The standard InChI is InChI=1S/C15H15N7O/c1-22-15(18-20-21-22)14(11-6-3-2-4-7-11)19-23-10-13-12(16)8-5-9-17-13/h2-9H,10,16H2,1H3. The SMILES string of the molecule is Cn1nnnc1C(=NOCc1ncccc1N)c1ccccc1. The molecule has 0 radical (unpaired) electrons. The van der Waals surface area contributed by atoms with E-state index in [0.29, 0.717) is 22.9 Å². The zero-order chi connectivity index (χ0) is 16.1. The lowest BCUT2D eigenvalue weighted by atomic mass is 10.1. The molecule has 0 bridgehead atoms. The van der Waals surface area contributed by atoms with E-state index in [-0.39, 0.29) is 6.61 Å². The van der Waals surface area contributed by atoms with Crippen LogP contribution < -0.4 is 5.73 Å². The maximum Gasteiger partial charge on any atom is 0.204 e. The van der Waals surface area contributed by atoms with Crippen molar-refractivity contribution in [2.24, 2.45) is 12.2 Å². The minimum absolute atomic E-state index is 0.161. The summed E-state index contributed by atoms with van der Waals surface area (Å²) in [6.07, 6.45) is 1.66. The molecule has 0 aliphatic heterocycles. The van der Waals surface area contributed by atoms with Crippen molar-refractivity contribution in [3.8, 4) is 0 Å². The van der Waals surface area contributed by atoms with Crippen LogP contribution in [0.4, 0.5) is 5.69 Å². The molecule has 2 heterocycles. The summed E-state index contributed by atoms with van der Waals surface area (Å²) in [5.41, 5.74) is 8.41. The number of pyridine rings is 1. The molecular weight excluding hydrogens is 294 g/mol. The van der Waals surface area contributed by atoms with Gasteiger partial charge in [0.15, 0.2) is 12.3 Å². The van der Waals surface area contributed by atoms with Crippen molar-refractivity contribution in [3.63, 3.8) is 0 Å². The molecule has 0 saturated carbocycles. The molecular formula is C15H15N7O. The lowest BCUT2D eigenvalue weighted by Crippen LogP contribution is -2.12. The number of anilines is 1. The van der Waals surface area contributed by atoms with E-state index in [4.69, 9.17) is 10.6 Å². The van der Waals surface area contributed by atoms with Crippen LogP contribution in [0.5, 0.6) is 0 Å². The zero-order valence-electron chi connectivity index (χ0n) is 12.5. The Morgan fingerprint density at radius 1 is 1.22 bits per heavy atom. The fraction of sp³-hybridized carbons (Fsp3) is 0.133. The van der Waals surface area contributed by atoms with Crippen molar-refractivity contribution in [2.45, 2.75) is 6.61 Å². The predicted octanol–water partition coefficient (Wildman–Crippen LogP) is 1.16. The van der Waals surface area contributed by atoms with E-state index in [2.05, 4.69) is 25.7 Å². The number of oxime groups is 1. The molecule has 2 N–H and O–H groups in total. The summed E-state index contributed by atoms with van der Waals surface area (Å²) < 4.78 is 1.53. The Bertz CT molecular complexity index is 813. The summed E-state index contributed by atoms with van der Waals surface area (Å²) in [7, 11) is 1.74. The molecule has 0 aliphatic carbocycles. The largest absolute Gasteiger partial charge is 0.397 e. The van der Waals surface area contributed by atoms with Crippen LogP contribution in [-0.2, 0) is 18.5 Å². The van der Waals surface area contributed by atoms with Crippen LogP contribution in [0.2, 0.25) is 0 Å². The number of rotatable bonds is 5. The van der Waals surface area contributed by atoms with E-state index in [1.165, 1.54) is 4.68 Å². The molecule has 0 saturated heterocycles. The number of nitrogens with zero attached hydrogens (tertiary/aromatic N) is 6. The first-order chi connectivity index (χ1) is 11.3. The fourth-order valence-electron chi connectivity index (χ4n) is 1.98. The van der Waals surface area contributed by atoms with Gasteiger partial charge in [-0.2, -0.15) is 0 Å². The average molecular weight is 309 g/mol. The van der Waals surface area contributed by atoms with Gasteiger partial charge in [-0.25, -0.2) is 4.68 Å². The van der Waals surface area contributed by atoms with E-state index in [1.807, 2.05) is 30.3 Å². The number of nitrogens with two attached hydrogens (primary N) is 1. The Balaban J connectivity index is 1.87. The van der Waals surface area contributed by atoms with Crippen LogP contribution in [0.15, 0.2) is 53.8 Å². The Morgan fingerprint density at radius 2 is 2.04 bits per heavy atom. The first-order valence-corrected chi connectivity index (χ1v) is 6.93. The number of aryl methyl sites for hydroxylation is 1. The van der Waals surface area contributed by atoms with E-state index in [1.54, 1.807) is 25.4 Å². The molecule has 0 amide bonds. The minimum atomic E-state index is 0.161.